The summed E-state index contributed by atoms with van der Waals surface area (Å²) < 4.78 is 1.06. The molecule has 0 aromatic carbocycles. The van der Waals surface area contributed by atoms with Gasteiger partial charge in [-0.05, 0) is 66.9 Å². The molecule has 0 saturated carbocycles. The van der Waals surface area contributed by atoms with Gasteiger partial charge in [-0.15, -0.1) is 11.3 Å². The van der Waals surface area contributed by atoms with Crippen molar-refractivity contribution in [3.05, 3.63) is 43.2 Å². The van der Waals surface area contributed by atoms with E-state index in [-0.39, 0.29) is 11.7 Å². The second-order valence-electron chi connectivity index (χ2n) is 5.64. The molecule has 0 saturated heterocycles. The van der Waals surface area contributed by atoms with Gasteiger partial charge < -0.3 is 4.90 Å². The maximum Gasteiger partial charge on any atom is 0.233 e. The predicted octanol–water partition coefficient (Wildman–Crippen LogP) is 4.84. The summed E-state index contributed by atoms with van der Waals surface area (Å²) >= 11 is 6.43. The number of amides is 1. The quantitative estimate of drug-likeness (QED) is 0.606. The molecule has 2 rings (SSSR count). The van der Waals surface area contributed by atoms with E-state index < -0.39 is 0 Å². The minimum absolute atomic E-state index is 0.0543. The van der Waals surface area contributed by atoms with Crippen LogP contribution in [-0.2, 0) is 11.3 Å². The number of nitrogens with zero attached hydrogens (tertiary/aromatic N) is 3. The van der Waals surface area contributed by atoms with Crippen LogP contribution in [0.4, 0.5) is 0 Å². The van der Waals surface area contributed by atoms with Gasteiger partial charge in [-0.25, -0.2) is 4.98 Å². The fourth-order valence-electron chi connectivity index (χ4n) is 2.37. The lowest BCUT2D eigenvalue weighted by molar-refractivity contribution is -0.128. The summed E-state index contributed by atoms with van der Waals surface area (Å²) in [6.45, 7) is 9.07. The second kappa shape index (κ2) is 8.84. The molecular weight excluding hydrogens is 418 g/mol. The van der Waals surface area contributed by atoms with Crippen LogP contribution in [0.5, 0.6) is 0 Å². The predicted molar refractivity (Wildman–Crippen MR) is 107 cm³/mol. The number of pyridine rings is 1. The topological polar surface area (TPSA) is 57.0 Å². The Labute approximate surface area is 165 Å². The molecule has 0 unspecified atom stereocenters. The number of aromatic nitrogens is 1. The van der Waals surface area contributed by atoms with Gasteiger partial charge in [0.25, 0.3) is 0 Å². The van der Waals surface area contributed by atoms with Crippen molar-refractivity contribution in [1.82, 2.24) is 9.88 Å². The Hall–Kier alpha value is -1.36. The van der Waals surface area contributed by atoms with Crippen molar-refractivity contribution in [3.8, 4) is 6.07 Å². The van der Waals surface area contributed by atoms with E-state index in [9.17, 15) is 10.1 Å². The van der Waals surface area contributed by atoms with E-state index in [0.29, 0.717) is 23.7 Å². The van der Waals surface area contributed by atoms with Gasteiger partial charge in [-0.3, -0.25) is 4.79 Å². The fourth-order valence-corrected chi connectivity index (χ4v) is 4.86. The second-order valence-corrected chi connectivity index (χ2v) is 9.15. The maximum atomic E-state index is 12.6. The number of carbonyl (C=O) groups is 1. The van der Waals surface area contributed by atoms with Gasteiger partial charge >= 0.3 is 0 Å². The first-order chi connectivity index (χ1) is 11.9. The Morgan fingerprint density at radius 2 is 2.08 bits per heavy atom. The van der Waals surface area contributed by atoms with Crippen molar-refractivity contribution < 1.29 is 4.79 Å². The van der Waals surface area contributed by atoms with Crippen LogP contribution >= 0.6 is 39.0 Å². The fraction of sp³-hybridized carbons (Fsp3) is 0.389. The van der Waals surface area contributed by atoms with Crippen molar-refractivity contribution in [2.45, 2.75) is 39.3 Å². The van der Waals surface area contributed by atoms with Crippen molar-refractivity contribution in [2.24, 2.45) is 0 Å². The van der Waals surface area contributed by atoms with Gasteiger partial charge in [0.15, 0.2) is 0 Å². The van der Waals surface area contributed by atoms with Crippen molar-refractivity contribution >= 4 is 44.9 Å². The number of hydrogen-bond donors (Lipinski definition) is 0. The van der Waals surface area contributed by atoms with E-state index in [2.05, 4.69) is 27.0 Å². The highest BCUT2D eigenvalue weighted by atomic mass is 79.9. The number of carbonyl (C=O) groups excluding carboxylic acids is 1. The van der Waals surface area contributed by atoms with E-state index in [1.165, 1.54) is 11.8 Å². The summed E-state index contributed by atoms with van der Waals surface area (Å²) in [4.78, 5) is 20.1. The average molecular weight is 438 g/mol. The van der Waals surface area contributed by atoms with Gasteiger partial charge in [0.05, 0.1) is 21.6 Å². The number of hydrogen-bond acceptors (Lipinski definition) is 5. The molecule has 0 atom stereocenters. The highest BCUT2D eigenvalue weighted by Gasteiger charge is 2.17. The molecule has 0 spiro atoms. The molecule has 132 valence electrons. The molecule has 4 nitrogen and oxygen atoms in total. The summed E-state index contributed by atoms with van der Waals surface area (Å²) in [5.41, 5.74) is 3.46. The van der Waals surface area contributed by atoms with Gasteiger partial charge in [0.2, 0.25) is 5.91 Å². The van der Waals surface area contributed by atoms with E-state index >= 15 is 0 Å². The van der Waals surface area contributed by atoms with Crippen LogP contribution in [0.25, 0.3) is 0 Å². The molecule has 0 aliphatic rings. The van der Waals surface area contributed by atoms with E-state index in [0.717, 1.165) is 25.5 Å². The maximum absolute atomic E-state index is 12.6. The van der Waals surface area contributed by atoms with Gasteiger partial charge in [-0.1, -0.05) is 11.8 Å². The zero-order valence-corrected chi connectivity index (χ0v) is 17.9. The monoisotopic (exact) mass is 437 g/mol. The summed E-state index contributed by atoms with van der Waals surface area (Å²) in [5.74, 6) is 0.336. The molecule has 0 aliphatic carbocycles. The third kappa shape index (κ3) is 4.84. The molecule has 1 amide bonds. The molecule has 7 heteroatoms. The number of thiophene rings is 1. The smallest absolute Gasteiger partial charge is 0.233 e. The Morgan fingerprint density at radius 1 is 1.36 bits per heavy atom. The third-order valence-corrected chi connectivity index (χ3v) is 6.69. The van der Waals surface area contributed by atoms with Crippen molar-refractivity contribution in [1.29, 1.82) is 5.26 Å². The van der Waals surface area contributed by atoms with Crippen LogP contribution < -0.4 is 0 Å². The molecule has 0 aliphatic heterocycles. The third-order valence-electron chi connectivity index (χ3n) is 4.12. The van der Waals surface area contributed by atoms with Crippen LogP contribution in [0.3, 0.4) is 0 Å². The van der Waals surface area contributed by atoms with Crippen molar-refractivity contribution in [3.63, 3.8) is 0 Å². The Morgan fingerprint density at radius 3 is 2.64 bits per heavy atom. The first-order valence-electron chi connectivity index (χ1n) is 7.90. The van der Waals surface area contributed by atoms with E-state index in [4.69, 9.17) is 0 Å². The van der Waals surface area contributed by atoms with Gasteiger partial charge in [0.1, 0.15) is 11.1 Å². The number of nitriles is 1. The Balaban J connectivity index is 2.09. The number of thioether (sulfide) groups is 1. The highest BCUT2D eigenvalue weighted by molar-refractivity contribution is 9.11. The molecule has 0 bridgehead atoms. The highest BCUT2D eigenvalue weighted by Crippen LogP contribution is 2.27. The average Bonchev–Trinajstić information content (AvgIpc) is 3.00. The summed E-state index contributed by atoms with van der Waals surface area (Å²) in [5, 5.41) is 10.1. The standard InChI is InChI=1S/C18H20BrN3OS2/c1-5-22(9-14-6-7-16(19)25-14)17(23)10-24-18-15(8-20)12(3)11(2)13(4)21-18/h6-7H,5,9-10H2,1-4H3. The van der Waals surface area contributed by atoms with Crippen LogP contribution in [0.15, 0.2) is 20.9 Å². The number of aryl methyl sites for hydroxylation is 1. The normalized spacial score (nSPS) is 10.6. The minimum Gasteiger partial charge on any atom is -0.337 e. The largest absolute Gasteiger partial charge is 0.337 e. The number of rotatable bonds is 6. The number of halogens is 1. The van der Waals surface area contributed by atoms with E-state index in [1.807, 2.05) is 44.7 Å². The molecule has 0 fully saturated rings. The molecule has 2 aromatic rings. The summed E-state index contributed by atoms with van der Waals surface area (Å²) in [6, 6.07) is 6.25. The Bertz CT molecular complexity index is 826. The van der Waals surface area contributed by atoms with Crippen LogP contribution in [0.1, 0.15) is 34.2 Å². The molecule has 0 radical (unpaired) electrons. The zero-order chi connectivity index (χ0) is 18.6. The SMILES string of the molecule is CCN(Cc1ccc(Br)s1)C(=O)CSc1nc(C)c(C)c(C)c1C#N. The molecule has 2 heterocycles. The van der Waals surface area contributed by atoms with Crippen LogP contribution in [0, 0.1) is 32.1 Å². The van der Waals surface area contributed by atoms with Crippen LogP contribution in [-0.4, -0.2) is 28.1 Å². The summed E-state index contributed by atoms with van der Waals surface area (Å²) in [7, 11) is 0. The zero-order valence-electron chi connectivity index (χ0n) is 14.7. The summed E-state index contributed by atoms with van der Waals surface area (Å²) in [6.07, 6.45) is 0. The first-order valence-corrected chi connectivity index (χ1v) is 10.5. The van der Waals surface area contributed by atoms with Gasteiger partial charge in [0, 0.05) is 17.1 Å². The lowest BCUT2D eigenvalue weighted by atomic mass is 10.1. The lowest BCUT2D eigenvalue weighted by Crippen LogP contribution is -2.31. The molecule has 0 N–H and O–H groups in total. The van der Waals surface area contributed by atoms with Crippen molar-refractivity contribution in [2.75, 3.05) is 12.3 Å². The van der Waals surface area contributed by atoms with E-state index in [1.54, 1.807) is 11.3 Å². The molecular formula is C18H20BrN3OS2. The lowest BCUT2D eigenvalue weighted by Gasteiger charge is -2.20. The molecule has 2 aromatic heterocycles. The van der Waals surface area contributed by atoms with Gasteiger partial charge in [-0.2, -0.15) is 5.26 Å². The van der Waals surface area contributed by atoms with Crippen LogP contribution in [0.2, 0.25) is 0 Å². The first kappa shape index (κ1) is 20.0. The Kier molecular flexibility index (Phi) is 7.05. The molecule has 25 heavy (non-hydrogen) atoms. The minimum atomic E-state index is 0.0543.